The zero-order valence-corrected chi connectivity index (χ0v) is 24.0. The zero-order chi connectivity index (χ0) is 29.9. The first kappa shape index (κ1) is 30.5. The van der Waals surface area contributed by atoms with Crippen LogP contribution in [0.25, 0.3) is 0 Å². The molecule has 4 rings (SSSR count). The Morgan fingerprint density at radius 3 is 2.57 bits per heavy atom. The molecule has 0 unspecified atom stereocenters. The standard InChI is InChI=1S/C32H38N4O6/c1-3-34-28-18-24(36-14-8-13-30(36)39)17-26(31(28)42-21-37)32(40)35-27(16-22-9-5-4-6-10-22)29(38)20-33-19-23-11-7-12-25(15-23)41-2/h4-7,9-12,15,17-18,21,27,29,33-34,38H,3,8,13-14,16,19-20H2,1-2H3,(H,35,40)/t27-,29+/m0/s1. The van der Waals surface area contributed by atoms with E-state index in [4.69, 9.17) is 9.47 Å². The molecular formula is C32H38N4O6. The van der Waals surface area contributed by atoms with E-state index in [1.54, 1.807) is 24.1 Å². The van der Waals surface area contributed by atoms with Gasteiger partial charge in [0.15, 0.2) is 5.75 Å². The lowest BCUT2D eigenvalue weighted by Crippen LogP contribution is -2.48. The second kappa shape index (κ2) is 15.0. The van der Waals surface area contributed by atoms with Crippen molar-refractivity contribution < 1.29 is 29.0 Å². The average molecular weight is 575 g/mol. The van der Waals surface area contributed by atoms with Crippen molar-refractivity contribution in [1.82, 2.24) is 10.6 Å². The minimum atomic E-state index is -0.952. The first-order valence-electron chi connectivity index (χ1n) is 14.1. The van der Waals surface area contributed by atoms with Crippen LogP contribution in [-0.2, 0) is 22.6 Å². The van der Waals surface area contributed by atoms with Crippen molar-refractivity contribution >= 4 is 29.7 Å². The van der Waals surface area contributed by atoms with E-state index in [-0.39, 0.29) is 30.2 Å². The van der Waals surface area contributed by atoms with Crippen molar-refractivity contribution in [2.45, 2.75) is 44.9 Å². The second-order valence-corrected chi connectivity index (χ2v) is 10.1. The van der Waals surface area contributed by atoms with E-state index < -0.39 is 18.1 Å². The highest BCUT2D eigenvalue weighted by atomic mass is 16.5. The summed E-state index contributed by atoms with van der Waals surface area (Å²) in [7, 11) is 1.61. The second-order valence-electron chi connectivity index (χ2n) is 10.1. The molecule has 0 aliphatic carbocycles. The smallest absolute Gasteiger partial charge is 0.298 e. The van der Waals surface area contributed by atoms with Crippen LogP contribution in [0.2, 0.25) is 0 Å². The van der Waals surface area contributed by atoms with Gasteiger partial charge in [-0.05, 0) is 55.2 Å². The Balaban J connectivity index is 1.59. The number of amides is 2. The third-order valence-corrected chi connectivity index (χ3v) is 7.13. The van der Waals surface area contributed by atoms with Crippen LogP contribution in [0.15, 0.2) is 66.7 Å². The summed E-state index contributed by atoms with van der Waals surface area (Å²) in [6.07, 6.45) is 0.561. The molecule has 3 aromatic carbocycles. The lowest BCUT2D eigenvalue weighted by atomic mass is 10.00. The molecule has 3 aromatic rings. The van der Waals surface area contributed by atoms with Gasteiger partial charge in [-0.2, -0.15) is 0 Å². The molecule has 10 heteroatoms. The highest BCUT2D eigenvalue weighted by Gasteiger charge is 2.28. The van der Waals surface area contributed by atoms with Crippen LogP contribution < -0.4 is 30.3 Å². The van der Waals surface area contributed by atoms with Crippen LogP contribution in [0.1, 0.15) is 41.3 Å². The number of ether oxygens (including phenoxy) is 2. The monoisotopic (exact) mass is 574 g/mol. The number of anilines is 2. The van der Waals surface area contributed by atoms with Crippen molar-refractivity contribution in [2.24, 2.45) is 0 Å². The Hall–Kier alpha value is -4.41. The first-order valence-corrected chi connectivity index (χ1v) is 14.1. The summed E-state index contributed by atoms with van der Waals surface area (Å²) < 4.78 is 10.6. The number of nitrogens with one attached hydrogen (secondary N) is 3. The number of nitrogens with zero attached hydrogens (tertiary/aromatic N) is 1. The minimum Gasteiger partial charge on any atom is -0.497 e. The fraction of sp³-hybridized carbons (Fsp3) is 0.344. The molecular weight excluding hydrogens is 536 g/mol. The molecule has 0 aromatic heterocycles. The van der Waals surface area contributed by atoms with Gasteiger partial charge in [0.25, 0.3) is 12.4 Å². The van der Waals surface area contributed by atoms with Gasteiger partial charge in [0.2, 0.25) is 5.91 Å². The number of carbonyl (C=O) groups excluding carboxylic acids is 3. The summed E-state index contributed by atoms with van der Waals surface area (Å²) in [4.78, 5) is 39.4. The molecule has 0 bridgehead atoms. The number of aliphatic hydroxyl groups is 1. The molecule has 1 aliphatic heterocycles. The predicted molar refractivity (Wildman–Crippen MR) is 161 cm³/mol. The van der Waals surface area contributed by atoms with E-state index in [9.17, 15) is 19.5 Å². The SMILES string of the molecule is CCNc1cc(N2CCCC2=O)cc(C(=O)N[C@@H](Cc2ccccc2)[C@H](O)CNCc2cccc(OC)c2)c1OC=O. The highest BCUT2D eigenvalue weighted by Crippen LogP contribution is 2.36. The van der Waals surface area contributed by atoms with Crippen molar-refractivity contribution in [3.63, 3.8) is 0 Å². The molecule has 222 valence electrons. The third-order valence-electron chi connectivity index (χ3n) is 7.13. The number of hydrogen-bond acceptors (Lipinski definition) is 8. The fourth-order valence-electron chi connectivity index (χ4n) is 5.04. The van der Waals surface area contributed by atoms with Gasteiger partial charge >= 0.3 is 0 Å². The summed E-state index contributed by atoms with van der Waals surface area (Å²) >= 11 is 0. The van der Waals surface area contributed by atoms with E-state index in [1.807, 2.05) is 61.5 Å². The number of methoxy groups -OCH3 is 1. The van der Waals surface area contributed by atoms with Gasteiger partial charge in [0.1, 0.15) is 5.75 Å². The zero-order valence-electron chi connectivity index (χ0n) is 24.0. The van der Waals surface area contributed by atoms with E-state index >= 15 is 0 Å². The Morgan fingerprint density at radius 1 is 1.10 bits per heavy atom. The van der Waals surface area contributed by atoms with Crippen LogP contribution >= 0.6 is 0 Å². The predicted octanol–water partition coefficient (Wildman–Crippen LogP) is 3.28. The molecule has 10 nitrogen and oxygen atoms in total. The van der Waals surface area contributed by atoms with Gasteiger partial charge in [-0.25, -0.2) is 0 Å². The van der Waals surface area contributed by atoms with Gasteiger partial charge in [-0.3, -0.25) is 14.4 Å². The van der Waals surface area contributed by atoms with Gasteiger partial charge in [0, 0.05) is 38.3 Å². The molecule has 0 saturated carbocycles. The first-order chi connectivity index (χ1) is 20.4. The number of carbonyl (C=O) groups is 3. The van der Waals surface area contributed by atoms with Gasteiger partial charge in [0.05, 0.1) is 30.5 Å². The van der Waals surface area contributed by atoms with Crippen LogP contribution in [0.3, 0.4) is 0 Å². The van der Waals surface area contributed by atoms with E-state index in [1.165, 1.54) is 0 Å². The van der Waals surface area contributed by atoms with Gasteiger partial charge in [-0.15, -0.1) is 0 Å². The van der Waals surface area contributed by atoms with Crippen molar-refractivity contribution in [2.75, 3.05) is 37.0 Å². The average Bonchev–Trinajstić information content (AvgIpc) is 3.44. The van der Waals surface area contributed by atoms with Crippen LogP contribution in [0.5, 0.6) is 11.5 Å². The molecule has 0 radical (unpaired) electrons. The Kier molecular flexibility index (Phi) is 10.9. The van der Waals surface area contributed by atoms with Crippen LogP contribution in [0.4, 0.5) is 11.4 Å². The summed E-state index contributed by atoms with van der Waals surface area (Å²) in [5.74, 6) is 0.232. The minimum absolute atomic E-state index is 0.0349. The maximum Gasteiger partial charge on any atom is 0.298 e. The molecule has 1 saturated heterocycles. The lowest BCUT2D eigenvalue weighted by molar-refractivity contribution is -0.120. The normalized spacial score (nSPS) is 14.3. The number of rotatable bonds is 15. The summed E-state index contributed by atoms with van der Waals surface area (Å²) in [6, 6.07) is 19.8. The van der Waals surface area contributed by atoms with Crippen molar-refractivity contribution in [3.8, 4) is 11.5 Å². The van der Waals surface area contributed by atoms with Crippen molar-refractivity contribution in [3.05, 3.63) is 83.4 Å². The molecule has 1 fully saturated rings. The molecule has 1 heterocycles. The summed E-state index contributed by atoms with van der Waals surface area (Å²) in [5.41, 5.74) is 2.97. The van der Waals surface area contributed by atoms with Crippen molar-refractivity contribution in [1.29, 1.82) is 0 Å². The topological polar surface area (TPSA) is 129 Å². The molecule has 2 amide bonds. The molecule has 2 atom stereocenters. The quantitative estimate of drug-likeness (QED) is 0.204. The van der Waals surface area contributed by atoms with E-state index in [0.29, 0.717) is 43.9 Å². The highest BCUT2D eigenvalue weighted by molar-refractivity contribution is 6.03. The number of aliphatic hydroxyl groups excluding tert-OH is 1. The van der Waals surface area contributed by atoms with E-state index in [2.05, 4.69) is 16.0 Å². The number of hydrogen-bond donors (Lipinski definition) is 4. The maximum absolute atomic E-state index is 13.8. The molecule has 4 N–H and O–H groups in total. The Labute approximate surface area is 246 Å². The Bertz CT molecular complexity index is 1370. The Morgan fingerprint density at radius 2 is 1.88 bits per heavy atom. The summed E-state index contributed by atoms with van der Waals surface area (Å²) in [5, 5.41) is 20.6. The van der Waals surface area contributed by atoms with Crippen LogP contribution in [-0.4, -0.2) is 62.3 Å². The third kappa shape index (κ3) is 7.86. The van der Waals surface area contributed by atoms with Gasteiger partial charge < -0.3 is 35.4 Å². The molecule has 0 spiro atoms. The molecule has 42 heavy (non-hydrogen) atoms. The number of benzene rings is 3. The van der Waals surface area contributed by atoms with E-state index in [0.717, 1.165) is 23.3 Å². The lowest BCUT2D eigenvalue weighted by Gasteiger charge is -2.26. The maximum atomic E-state index is 13.8. The van der Waals surface area contributed by atoms with Crippen LogP contribution in [0, 0.1) is 0 Å². The fourth-order valence-corrected chi connectivity index (χ4v) is 5.04. The van der Waals surface area contributed by atoms with Gasteiger partial charge in [-0.1, -0.05) is 42.5 Å². The largest absolute Gasteiger partial charge is 0.497 e. The molecule has 1 aliphatic rings. The summed E-state index contributed by atoms with van der Waals surface area (Å²) in [6.45, 7) is 3.89.